The Morgan fingerprint density at radius 1 is 1.18 bits per heavy atom. The summed E-state index contributed by atoms with van der Waals surface area (Å²) in [6.45, 7) is 0. The van der Waals surface area contributed by atoms with Crippen LogP contribution in [0.5, 0.6) is 5.75 Å². The van der Waals surface area contributed by atoms with Gasteiger partial charge in [0.1, 0.15) is 5.75 Å². The molecule has 0 aliphatic heterocycles. The maximum Gasteiger partial charge on any atom is 0.256 e. The number of fused-ring (bicyclic) bond motifs is 1. The van der Waals surface area contributed by atoms with Crippen molar-refractivity contribution in [3.8, 4) is 16.9 Å². The first kappa shape index (κ1) is 13.3. The van der Waals surface area contributed by atoms with Crippen LogP contribution in [-0.2, 0) is 10.0 Å². The van der Waals surface area contributed by atoms with Gasteiger partial charge in [-0.05, 0) is 41.3 Å². The van der Waals surface area contributed by atoms with Gasteiger partial charge >= 0.3 is 0 Å². The van der Waals surface area contributed by atoms with E-state index in [1.54, 1.807) is 12.1 Å². The van der Waals surface area contributed by atoms with Gasteiger partial charge in [-0.1, -0.05) is 24.3 Å². The van der Waals surface area contributed by atoms with Crippen molar-refractivity contribution in [2.24, 2.45) is 0 Å². The summed E-state index contributed by atoms with van der Waals surface area (Å²) in [6.07, 6.45) is 4.45. The third-order valence-corrected chi connectivity index (χ3v) is 5.96. The highest BCUT2D eigenvalue weighted by molar-refractivity contribution is 7.90. The van der Waals surface area contributed by atoms with E-state index in [0.29, 0.717) is 18.4 Å². The fourth-order valence-electron chi connectivity index (χ4n) is 2.64. The smallest absolute Gasteiger partial charge is 0.256 e. The number of aromatic nitrogens is 2. The second-order valence-electron chi connectivity index (χ2n) is 5.56. The molecule has 112 valence electrons. The van der Waals surface area contributed by atoms with Crippen LogP contribution in [0, 0.1) is 0 Å². The van der Waals surface area contributed by atoms with Gasteiger partial charge in [0, 0.05) is 5.56 Å². The number of aromatic hydroxyl groups is 1. The molecule has 0 bridgehead atoms. The first-order valence-electron chi connectivity index (χ1n) is 7.07. The molecule has 0 unspecified atom stereocenters. The zero-order chi connectivity index (χ0) is 15.3. The highest BCUT2D eigenvalue weighted by Crippen LogP contribution is 2.34. The van der Waals surface area contributed by atoms with E-state index in [2.05, 4.69) is 5.10 Å². The lowest BCUT2D eigenvalue weighted by molar-refractivity contribution is 0.476. The molecule has 1 N–H and O–H groups in total. The van der Waals surface area contributed by atoms with Crippen LogP contribution in [0.15, 0.2) is 48.8 Å². The maximum absolute atomic E-state index is 12.2. The standard InChI is InChI=1S/C16H14N2O3S/c19-13-7-11-3-1-2-4-15(11)16(8-13)12-9-17-18(10-12)22(20,21)14-5-6-14/h1-4,7-10,14,19H,5-6H2. The van der Waals surface area contributed by atoms with Crippen LogP contribution in [0.25, 0.3) is 21.9 Å². The van der Waals surface area contributed by atoms with Crippen molar-refractivity contribution >= 4 is 20.8 Å². The minimum atomic E-state index is -3.37. The predicted molar refractivity (Wildman–Crippen MR) is 84.2 cm³/mol. The Morgan fingerprint density at radius 3 is 2.73 bits per heavy atom. The molecule has 1 aliphatic rings. The zero-order valence-corrected chi connectivity index (χ0v) is 12.5. The molecule has 0 atom stereocenters. The normalized spacial score (nSPS) is 15.3. The molecule has 0 radical (unpaired) electrons. The number of phenolic OH excluding ortho intramolecular Hbond substituents is 1. The number of phenols is 1. The van der Waals surface area contributed by atoms with Crippen LogP contribution in [0.2, 0.25) is 0 Å². The van der Waals surface area contributed by atoms with Gasteiger partial charge in [-0.25, -0.2) is 8.42 Å². The average Bonchev–Trinajstić information content (AvgIpc) is 3.24. The molecule has 1 fully saturated rings. The van der Waals surface area contributed by atoms with Gasteiger partial charge < -0.3 is 5.11 Å². The summed E-state index contributed by atoms with van der Waals surface area (Å²) < 4.78 is 25.5. The van der Waals surface area contributed by atoms with E-state index in [-0.39, 0.29) is 11.0 Å². The largest absolute Gasteiger partial charge is 0.508 e. The SMILES string of the molecule is O=S(=O)(C1CC1)n1cc(-c2cc(O)cc3ccccc23)cn1. The Labute approximate surface area is 127 Å². The van der Waals surface area contributed by atoms with E-state index >= 15 is 0 Å². The fourth-order valence-corrected chi connectivity index (χ4v) is 4.11. The Bertz CT molecular complexity index is 972. The van der Waals surface area contributed by atoms with Crippen molar-refractivity contribution in [2.45, 2.75) is 18.1 Å². The van der Waals surface area contributed by atoms with Gasteiger partial charge in [0.15, 0.2) is 0 Å². The fraction of sp³-hybridized carbons (Fsp3) is 0.188. The third kappa shape index (κ3) is 2.07. The molecular weight excluding hydrogens is 300 g/mol. The van der Waals surface area contributed by atoms with E-state index in [1.807, 2.05) is 24.3 Å². The number of rotatable bonds is 3. The highest BCUT2D eigenvalue weighted by Gasteiger charge is 2.37. The minimum Gasteiger partial charge on any atom is -0.508 e. The van der Waals surface area contributed by atoms with E-state index in [4.69, 9.17) is 0 Å². The summed E-state index contributed by atoms with van der Waals surface area (Å²) in [5.41, 5.74) is 1.45. The lowest BCUT2D eigenvalue weighted by atomic mass is 10.0. The number of benzene rings is 2. The third-order valence-electron chi connectivity index (χ3n) is 3.92. The van der Waals surface area contributed by atoms with Crippen molar-refractivity contribution in [3.05, 3.63) is 48.8 Å². The molecule has 5 nitrogen and oxygen atoms in total. The summed E-state index contributed by atoms with van der Waals surface area (Å²) in [6, 6.07) is 11.0. The molecule has 1 saturated carbocycles. The van der Waals surface area contributed by atoms with E-state index in [9.17, 15) is 13.5 Å². The second kappa shape index (κ2) is 4.58. The zero-order valence-electron chi connectivity index (χ0n) is 11.7. The number of nitrogens with zero attached hydrogens (tertiary/aromatic N) is 2. The first-order chi connectivity index (χ1) is 10.6. The van der Waals surface area contributed by atoms with Gasteiger partial charge in [0.05, 0.1) is 17.6 Å². The second-order valence-corrected chi connectivity index (χ2v) is 7.63. The van der Waals surface area contributed by atoms with E-state index in [0.717, 1.165) is 20.4 Å². The van der Waals surface area contributed by atoms with Crippen molar-refractivity contribution in [2.75, 3.05) is 0 Å². The average molecular weight is 314 g/mol. The van der Waals surface area contributed by atoms with E-state index < -0.39 is 10.0 Å². The molecule has 0 saturated heterocycles. The molecule has 1 aliphatic carbocycles. The summed E-state index contributed by atoms with van der Waals surface area (Å²) in [5, 5.41) is 15.4. The molecule has 3 aromatic rings. The van der Waals surface area contributed by atoms with Crippen LogP contribution in [0.4, 0.5) is 0 Å². The topological polar surface area (TPSA) is 72.2 Å². The molecule has 2 aromatic carbocycles. The summed E-state index contributed by atoms with van der Waals surface area (Å²) in [7, 11) is -3.37. The Kier molecular flexibility index (Phi) is 2.77. The van der Waals surface area contributed by atoms with Crippen LogP contribution in [0.1, 0.15) is 12.8 Å². The summed E-state index contributed by atoms with van der Waals surface area (Å²) in [5.74, 6) is 0.145. The quantitative estimate of drug-likeness (QED) is 0.807. The molecule has 4 rings (SSSR count). The van der Waals surface area contributed by atoms with Gasteiger partial charge in [0.2, 0.25) is 0 Å². The lowest BCUT2D eigenvalue weighted by Gasteiger charge is -2.06. The molecule has 22 heavy (non-hydrogen) atoms. The monoisotopic (exact) mass is 314 g/mol. The van der Waals surface area contributed by atoms with Gasteiger partial charge in [-0.3, -0.25) is 0 Å². The predicted octanol–water partition coefficient (Wildman–Crippen LogP) is 2.75. The van der Waals surface area contributed by atoms with E-state index in [1.165, 1.54) is 12.4 Å². The number of hydrogen-bond acceptors (Lipinski definition) is 4. The maximum atomic E-state index is 12.2. The highest BCUT2D eigenvalue weighted by atomic mass is 32.2. The van der Waals surface area contributed by atoms with Crippen molar-refractivity contribution in [1.82, 2.24) is 9.19 Å². The number of hydrogen-bond donors (Lipinski definition) is 1. The van der Waals surface area contributed by atoms with Gasteiger partial charge in [-0.2, -0.15) is 9.19 Å². The van der Waals surface area contributed by atoms with Crippen LogP contribution in [0.3, 0.4) is 0 Å². The van der Waals surface area contributed by atoms with Crippen molar-refractivity contribution in [1.29, 1.82) is 0 Å². The minimum absolute atomic E-state index is 0.145. The molecule has 0 amide bonds. The molecule has 1 aromatic heterocycles. The van der Waals surface area contributed by atoms with Crippen LogP contribution >= 0.6 is 0 Å². The molecule has 0 spiro atoms. The Morgan fingerprint density at radius 2 is 1.95 bits per heavy atom. The molecule has 1 heterocycles. The van der Waals surface area contributed by atoms with Crippen molar-refractivity contribution in [3.63, 3.8) is 0 Å². The van der Waals surface area contributed by atoms with Gasteiger partial charge in [0.25, 0.3) is 10.0 Å². The Hall–Kier alpha value is -2.34. The molecule has 6 heteroatoms. The van der Waals surface area contributed by atoms with Crippen molar-refractivity contribution < 1.29 is 13.5 Å². The summed E-state index contributed by atoms with van der Waals surface area (Å²) in [4.78, 5) is 0. The first-order valence-corrected chi connectivity index (χ1v) is 8.57. The van der Waals surface area contributed by atoms with Gasteiger partial charge in [-0.15, -0.1) is 0 Å². The molecular formula is C16H14N2O3S. The van der Waals surface area contributed by atoms with Crippen LogP contribution < -0.4 is 0 Å². The summed E-state index contributed by atoms with van der Waals surface area (Å²) >= 11 is 0. The Balaban J connectivity index is 1.88. The lowest BCUT2D eigenvalue weighted by Crippen LogP contribution is -2.17. The van der Waals surface area contributed by atoms with Crippen LogP contribution in [-0.4, -0.2) is 28.0 Å².